The molecule has 42 heavy (non-hydrogen) atoms. The summed E-state index contributed by atoms with van der Waals surface area (Å²) in [5.41, 5.74) is -0.519. The molecule has 10 atom stereocenters. The Balaban J connectivity index is 1.48. The molecule has 0 spiro atoms. The summed E-state index contributed by atoms with van der Waals surface area (Å²) < 4.78 is 23.2. The van der Waals surface area contributed by atoms with Crippen molar-refractivity contribution in [1.82, 2.24) is 0 Å². The lowest BCUT2D eigenvalue weighted by Crippen LogP contribution is -2.63. The van der Waals surface area contributed by atoms with Gasteiger partial charge in [0.15, 0.2) is 16.9 Å². The van der Waals surface area contributed by atoms with E-state index in [1.54, 1.807) is 6.92 Å². The van der Waals surface area contributed by atoms with E-state index in [0.29, 0.717) is 0 Å². The first-order valence-electron chi connectivity index (χ1n) is 13.2. The van der Waals surface area contributed by atoms with Crippen LogP contribution in [0.3, 0.4) is 0 Å². The van der Waals surface area contributed by atoms with Crippen LogP contribution in [0.5, 0.6) is 23.0 Å². The largest absolute Gasteiger partial charge is 0.507 e. The van der Waals surface area contributed by atoms with Gasteiger partial charge in [0, 0.05) is 23.8 Å². The van der Waals surface area contributed by atoms with E-state index < -0.39 is 84.6 Å². The second-order valence-corrected chi connectivity index (χ2v) is 10.6. The standard InChI is InChI=1S/C28H32O14/c1-10-4-19(23(35)25(37)22(10)34)41-27-26(38)24(36)20(9-29)42-28(27)39-12-6-15(32)21-16(33)8-17(40-18(21)7-12)11-2-3-13(30)14(31)5-11/h2-3,5-8,10,19-20,22-32,34-38H,4,9H2,1H3/t10-,19-,20-,22+,23+,24-,25-,26+,27-,28-/m1/s1. The fourth-order valence-electron chi connectivity index (χ4n) is 5.30. The Morgan fingerprint density at radius 1 is 0.857 bits per heavy atom. The summed E-state index contributed by atoms with van der Waals surface area (Å²) in [5.74, 6) is -1.99. The lowest BCUT2D eigenvalue weighted by molar-refractivity contribution is -0.307. The van der Waals surface area contributed by atoms with Gasteiger partial charge in [0.25, 0.3) is 0 Å². The zero-order chi connectivity index (χ0) is 30.5. The predicted octanol–water partition coefficient (Wildman–Crippen LogP) is -0.729. The fourth-order valence-corrected chi connectivity index (χ4v) is 5.30. The number of aliphatic hydroxyl groups is 6. The van der Waals surface area contributed by atoms with Gasteiger partial charge in [0.05, 0.1) is 18.8 Å². The van der Waals surface area contributed by atoms with E-state index in [-0.39, 0.29) is 40.2 Å². The molecule has 14 heteroatoms. The number of benzene rings is 2. The molecule has 0 bridgehead atoms. The number of phenolic OH excluding ortho intramolecular Hbond substituents is 3. The zero-order valence-electron chi connectivity index (χ0n) is 22.2. The Bertz CT molecular complexity index is 1490. The number of fused-ring (bicyclic) bond motifs is 1. The first kappa shape index (κ1) is 30.0. The summed E-state index contributed by atoms with van der Waals surface area (Å²) in [6.45, 7) is 0.924. The van der Waals surface area contributed by atoms with Gasteiger partial charge < -0.3 is 64.6 Å². The van der Waals surface area contributed by atoms with E-state index in [4.69, 9.17) is 18.6 Å². The number of rotatable bonds is 6. The Hall–Kier alpha value is -3.47. The van der Waals surface area contributed by atoms with Gasteiger partial charge in [-0.1, -0.05) is 6.92 Å². The molecular formula is C28H32O14. The molecule has 0 radical (unpaired) electrons. The smallest absolute Gasteiger partial charge is 0.229 e. The molecule has 2 aromatic carbocycles. The van der Waals surface area contributed by atoms with Crippen molar-refractivity contribution in [3.05, 3.63) is 46.6 Å². The minimum atomic E-state index is -1.70. The molecule has 0 amide bonds. The number of ether oxygens (including phenoxy) is 3. The van der Waals surface area contributed by atoms with E-state index >= 15 is 0 Å². The SMILES string of the molecule is C[C@@H]1C[C@@H](O[C@H]2[C@H](Oc3cc(O)c4c(=O)cc(-c5ccc(O)c(O)c5)oc4c3)O[C@H](CO)[C@@H](O)[C@@H]2O)[C@H](O)[C@H](O)[C@H]1O. The van der Waals surface area contributed by atoms with Crippen LogP contribution in [0.2, 0.25) is 0 Å². The van der Waals surface area contributed by atoms with Gasteiger partial charge in [-0.2, -0.15) is 0 Å². The molecule has 1 saturated heterocycles. The van der Waals surface area contributed by atoms with Crippen LogP contribution < -0.4 is 10.2 Å². The van der Waals surface area contributed by atoms with Gasteiger partial charge in [-0.15, -0.1) is 0 Å². The summed E-state index contributed by atoms with van der Waals surface area (Å²) in [7, 11) is 0. The van der Waals surface area contributed by atoms with Crippen molar-refractivity contribution in [3.63, 3.8) is 0 Å². The maximum absolute atomic E-state index is 12.8. The molecule has 1 saturated carbocycles. The van der Waals surface area contributed by atoms with Gasteiger partial charge in [-0.25, -0.2) is 0 Å². The highest BCUT2D eigenvalue weighted by atomic mass is 16.7. The minimum Gasteiger partial charge on any atom is -0.507 e. The van der Waals surface area contributed by atoms with Crippen molar-refractivity contribution < 1.29 is 64.6 Å². The van der Waals surface area contributed by atoms with E-state index in [2.05, 4.69) is 0 Å². The summed E-state index contributed by atoms with van der Waals surface area (Å²) >= 11 is 0. The minimum absolute atomic E-state index is 0.00508. The van der Waals surface area contributed by atoms with Gasteiger partial charge >= 0.3 is 0 Å². The number of aromatic hydroxyl groups is 3. The highest BCUT2D eigenvalue weighted by molar-refractivity contribution is 5.86. The number of phenols is 3. The third-order valence-corrected chi connectivity index (χ3v) is 7.72. The van der Waals surface area contributed by atoms with Gasteiger partial charge in [0.1, 0.15) is 64.9 Å². The van der Waals surface area contributed by atoms with Gasteiger partial charge in [0.2, 0.25) is 6.29 Å². The predicted molar refractivity (Wildman–Crippen MR) is 142 cm³/mol. The van der Waals surface area contributed by atoms with Crippen molar-refractivity contribution >= 4 is 11.0 Å². The molecule has 1 aliphatic carbocycles. The number of hydrogen-bond donors (Lipinski definition) is 9. The molecule has 2 fully saturated rings. The summed E-state index contributed by atoms with van der Waals surface area (Å²) in [5, 5.41) is 91.7. The lowest BCUT2D eigenvalue weighted by Gasteiger charge is -2.45. The summed E-state index contributed by atoms with van der Waals surface area (Å²) in [4.78, 5) is 12.8. The molecule has 228 valence electrons. The first-order valence-corrected chi connectivity index (χ1v) is 13.2. The molecule has 1 aromatic heterocycles. The van der Waals surface area contributed by atoms with Crippen molar-refractivity contribution in [1.29, 1.82) is 0 Å². The Morgan fingerprint density at radius 2 is 1.60 bits per heavy atom. The van der Waals surface area contributed by atoms with Crippen molar-refractivity contribution in [2.45, 2.75) is 68.5 Å². The van der Waals surface area contributed by atoms with Crippen LogP contribution in [0, 0.1) is 5.92 Å². The van der Waals surface area contributed by atoms with Crippen LogP contribution in [-0.2, 0) is 9.47 Å². The van der Waals surface area contributed by atoms with Crippen LogP contribution in [0.15, 0.2) is 45.6 Å². The molecule has 0 unspecified atom stereocenters. The second kappa shape index (κ2) is 11.7. The van der Waals surface area contributed by atoms with Crippen LogP contribution in [0.1, 0.15) is 13.3 Å². The highest BCUT2D eigenvalue weighted by Crippen LogP contribution is 2.37. The van der Waals surface area contributed by atoms with Crippen molar-refractivity contribution in [2.24, 2.45) is 5.92 Å². The average Bonchev–Trinajstić information content (AvgIpc) is 2.95. The third kappa shape index (κ3) is 5.50. The van der Waals surface area contributed by atoms with E-state index in [1.165, 1.54) is 24.3 Å². The summed E-state index contributed by atoms with van der Waals surface area (Å²) in [6.07, 6.45) is -13.0. The summed E-state index contributed by atoms with van der Waals surface area (Å²) in [6, 6.07) is 7.19. The molecule has 3 aromatic rings. The van der Waals surface area contributed by atoms with E-state index in [9.17, 15) is 50.8 Å². The topological polar surface area (TPSA) is 240 Å². The maximum Gasteiger partial charge on any atom is 0.229 e. The number of hydrogen-bond acceptors (Lipinski definition) is 14. The Kier molecular flexibility index (Phi) is 8.33. The molecule has 2 heterocycles. The normalized spacial score (nSPS) is 33.5. The Labute approximate surface area is 237 Å². The quantitative estimate of drug-likeness (QED) is 0.160. The second-order valence-electron chi connectivity index (χ2n) is 10.6. The molecule has 2 aliphatic rings. The monoisotopic (exact) mass is 592 g/mol. The molecular weight excluding hydrogens is 560 g/mol. The van der Waals surface area contributed by atoms with Crippen LogP contribution in [0.4, 0.5) is 0 Å². The average molecular weight is 593 g/mol. The van der Waals surface area contributed by atoms with Crippen LogP contribution >= 0.6 is 0 Å². The van der Waals surface area contributed by atoms with Gasteiger partial charge in [-0.3, -0.25) is 4.79 Å². The maximum atomic E-state index is 12.8. The Morgan fingerprint density at radius 3 is 2.29 bits per heavy atom. The van der Waals surface area contributed by atoms with Crippen LogP contribution in [0.25, 0.3) is 22.3 Å². The molecule has 5 rings (SSSR count). The first-order chi connectivity index (χ1) is 19.9. The van der Waals surface area contributed by atoms with E-state index in [0.717, 1.165) is 12.1 Å². The number of aliphatic hydroxyl groups excluding tert-OH is 6. The third-order valence-electron chi connectivity index (χ3n) is 7.72. The highest BCUT2D eigenvalue weighted by Gasteiger charge is 2.50. The van der Waals surface area contributed by atoms with Gasteiger partial charge in [-0.05, 0) is 30.5 Å². The van der Waals surface area contributed by atoms with Crippen LogP contribution in [-0.4, -0.2) is 108 Å². The molecule has 1 aliphatic heterocycles. The zero-order valence-corrected chi connectivity index (χ0v) is 22.2. The molecule has 14 nitrogen and oxygen atoms in total. The van der Waals surface area contributed by atoms with Crippen molar-refractivity contribution in [3.8, 4) is 34.3 Å². The molecule has 9 N–H and O–H groups in total. The van der Waals surface area contributed by atoms with Crippen molar-refractivity contribution in [2.75, 3.05) is 6.61 Å². The van der Waals surface area contributed by atoms with E-state index in [1.807, 2.05) is 0 Å². The fraction of sp³-hybridized carbons (Fsp3) is 0.464. The lowest BCUT2D eigenvalue weighted by atomic mass is 9.81.